The van der Waals surface area contributed by atoms with Crippen LogP contribution in [0.15, 0.2) is 61.2 Å². The van der Waals surface area contributed by atoms with Gasteiger partial charge < -0.3 is 15.2 Å². The molecule has 6 rings (SSSR count). The van der Waals surface area contributed by atoms with Crippen LogP contribution in [-0.4, -0.2) is 45.1 Å². The number of ether oxygens (including phenoxy) is 2. The Morgan fingerprint density at radius 3 is 1.68 bits per heavy atom. The molecular weight excluding hydrogens is 718 g/mol. The van der Waals surface area contributed by atoms with Gasteiger partial charge in [0.15, 0.2) is 11.6 Å². The second kappa shape index (κ2) is 18.4. The molecule has 0 bridgehead atoms. The zero-order valence-corrected chi connectivity index (χ0v) is 29.8. The maximum absolute atomic E-state index is 13.4. The van der Waals surface area contributed by atoms with Gasteiger partial charge in [0, 0.05) is 42.2 Å². The van der Waals surface area contributed by atoms with E-state index < -0.39 is 34.9 Å². The summed E-state index contributed by atoms with van der Waals surface area (Å²) < 4.78 is 48.5. The van der Waals surface area contributed by atoms with Gasteiger partial charge in [-0.15, -0.1) is 12.4 Å². The minimum Gasteiger partial charge on any atom is -0.462 e. The summed E-state index contributed by atoms with van der Waals surface area (Å²) in [5.41, 5.74) is 7.80. The van der Waals surface area contributed by atoms with Crippen LogP contribution in [0.1, 0.15) is 90.0 Å². The molecule has 0 saturated heterocycles. The predicted octanol–water partition coefficient (Wildman–Crippen LogP) is 8.14. The van der Waals surface area contributed by atoms with Crippen molar-refractivity contribution in [2.75, 3.05) is 13.2 Å². The van der Waals surface area contributed by atoms with Gasteiger partial charge >= 0.3 is 11.9 Å². The monoisotopic (exact) mass is 753 g/mol. The summed E-state index contributed by atoms with van der Waals surface area (Å²) in [6.45, 7) is 4.13. The number of carbonyl (C=O) groups excluding carboxylic acids is 2. The van der Waals surface area contributed by atoms with Crippen LogP contribution in [0.25, 0.3) is 0 Å². The topological polar surface area (TPSA) is 130 Å². The molecule has 2 N–H and O–H groups in total. The number of nitrogens with two attached hydrogens (primary N) is 1. The summed E-state index contributed by atoms with van der Waals surface area (Å²) in [6.07, 6.45) is 12.1. The van der Waals surface area contributed by atoms with E-state index in [0.717, 1.165) is 50.2 Å². The zero-order chi connectivity index (χ0) is 35.6. The lowest BCUT2D eigenvalue weighted by atomic mass is 9.62. The van der Waals surface area contributed by atoms with Crippen molar-refractivity contribution in [2.24, 2.45) is 5.73 Å². The summed E-state index contributed by atoms with van der Waals surface area (Å²) in [5.74, 6) is -2.24. The molecule has 2 fully saturated rings. The van der Waals surface area contributed by atoms with Crippen LogP contribution in [0.4, 0.5) is 13.2 Å². The number of carbonyl (C=O) groups is 2. The largest absolute Gasteiger partial charge is 0.462 e. The molecule has 0 unspecified atom stereocenters. The molecule has 2 heterocycles. The first-order chi connectivity index (χ1) is 23.4. The minimum atomic E-state index is -0.813. The highest BCUT2D eigenvalue weighted by Crippen LogP contribution is 2.46. The van der Waals surface area contributed by atoms with Gasteiger partial charge in [0.1, 0.15) is 11.6 Å². The fraction of sp³-hybridized carbons (Fsp3) is 0.371. The molecular formula is C35H37Cl3F3N5O4. The fourth-order valence-corrected chi connectivity index (χ4v) is 5.63. The average Bonchev–Trinajstić information content (AvgIpc) is 3.06. The molecule has 0 aliphatic heterocycles. The van der Waals surface area contributed by atoms with Gasteiger partial charge in [-0.3, -0.25) is 0 Å². The highest BCUT2D eigenvalue weighted by Gasteiger charge is 2.40. The van der Waals surface area contributed by atoms with Gasteiger partial charge in [-0.25, -0.2) is 42.7 Å². The van der Waals surface area contributed by atoms with Crippen LogP contribution < -0.4 is 5.73 Å². The fourth-order valence-electron chi connectivity index (χ4n) is 5.35. The second-order valence-corrected chi connectivity index (χ2v) is 12.4. The van der Waals surface area contributed by atoms with Crippen LogP contribution in [0, 0.1) is 17.5 Å². The van der Waals surface area contributed by atoms with Crippen molar-refractivity contribution in [3.8, 4) is 0 Å². The molecule has 0 amide bonds. The first-order valence-electron chi connectivity index (χ1n) is 15.7. The summed E-state index contributed by atoms with van der Waals surface area (Å²) in [7, 11) is 0. The number of esters is 2. The number of benzene rings is 2. The number of nitrogens with zero attached hydrogens (tertiary/aromatic N) is 4. The summed E-state index contributed by atoms with van der Waals surface area (Å²) >= 11 is 11.4. The maximum Gasteiger partial charge on any atom is 0.341 e. The molecule has 9 nitrogen and oxygen atoms in total. The van der Waals surface area contributed by atoms with E-state index in [4.69, 9.17) is 38.4 Å². The lowest BCUT2D eigenvalue weighted by molar-refractivity contribution is 0.0515. The van der Waals surface area contributed by atoms with Crippen LogP contribution in [0.5, 0.6) is 0 Å². The Bertz CT molecular complexity index is 1740. The quantitative estimate of drug-likeness (QED) is 0.140. The van der Waals surface area contributed by atoms with Crippen molar-refractivity contribution < 1.29 is 32.2 Å². The van der Waals surface area contributed by atoms with Crippen molar-refractivity contribution in [3.63, 3.8) is 0 Å². The Balaban J connectivity index is 0.000000220. The van der Waals surface area contributed by atoms with E-state index in [2.05, 4.69) is 19.9 Å². The predicted molar refractivity (Wildman–Crippen MR) is 185 cm³/mol. The van der Waals surface area contributed by atoms with Gasteiger partial charge in [-0.05, 0) is 92.9 Å². The van der Waals surface area contributed by atoms with Gasteiger partial charge in [0.05, 0.1) is 29.4 Å². The van der Waals surface area contributed by atoms with Gasteiger partial charge in [0.25, 0.3) is 0 Å². The third kappa shape index (κ3) is 10.3. The molecule has 0 radical (unpaired) electrons. The molecule has 268 valence electrons. The molecule has 0 atom stereocenters. The third-order valence-electron chi connectivity index (χ3n) is 8.43. The average molecular weight is 755 g/mol. The van der Waals surface area contributed by atoms with Crippen molar-refractivity contribution in [1.82, 2.24) is 19.9 Å². The molecule has 2 aliphatic rings. The zero-order valence-electron chi connectivity index (χ0n) is 27.4. The highest BCUT2D eigenvalue weighted by atomic mass is 35.5. The number of aromatic nitrogens is 4. The van der Waals surface area contributed by atoms with E-state index in [1.54, 1.807) is 32.0 Å². The SMILES string of the molecule is CCOC(=O)c1cnc(CC2(c3ccc(F)c(Cl)c3)CCC2)nc1.CCOC(=O)c1cnc(Cl)nc1.Cl.NC1(c2ccc(F)c(F)c2)CCC1. The van der Waals surface area contributed by atoms with Gasteiger partial charge in [-0.2, -0.15) is 0 Å². The van der Waals surface area contributed by atoms with E-state index in [1.807, 2.05) is 0 Å². The second-order valence-electron chi connectivity index (χ2n) is 11.6. The molecule has 2 saturated carbocycles. The number of rotatable bonds is 8. The van der Waals surface area contributed by atoms with Crippen molar-refractivity contribution in [1.29, 1.82) is 0 Å². The van der Waals surface area contributed by atoms with E-state index in [1.165, 1.54) is 36.9 Å². The lowest BCUT2D eigenvalue weighted by Crippen LogP contribution is -2.43. The summed E-state index contributed by atoms with van der Waals surface area (Å²) in [5, 5.41) is 0.250. The summed E-state index contributed by atoms with van der Waals surface area (Å²) in [4.78, 5) is 38.5. The minimum absolute atomic E-state index is 0. The van der Waals surface area contributed by atoms with E-state index in [-0.39, 0.29) is 28.1 Å². The Morgan fingerprint density at radius 1 is 0.740 bits per heavy atom. The first-order valence-corrected chi connectivity index (χ1v) is 16.5. The molecule has 2 aromatic carbocycles. The standard InChI is InChI=1S/C18H18ClFN2O2.C10H11F2N.C7H7ClN2O2.ClH/c1-2-24-17(23)12-10-21-16(22-11-12)9-18(6-3-7-18)13-4-5-15(20)14(19)8-13;11-8-3-2-7(6-9(8)12)10(13)4-1-5-10;1-2-12-6(11)5-3-9-7(8)10-4-5;/h4-5,8,10-11H,2-3,6-7,9H2,1H3;2-3,6H,1,4-5,13H2;3-4H,2H2,1H3;1H. The number of hydrogen-bond acceptors (Lipinski definition) is 9. The Kier molecular flexibility index (Phi) is 14.9. The highest BCUT2D eigenvalue weighted by molar-refractivity contribution is 6.30. The number of halogens is 6. The van der Waals surface area contributed by atoms with E-state index >= 15 is 0 Å². The smallest absolute Gasteiger partial charge is 0.341 e. The van der Waals surface area contributed by atoms with Crippen LogP contribution >= 0.6 is 35.6 Å². The molecule has 50 heavy (non-hydrogen) atoms. The first kappa shape index (κ1) is 40.6. The molecule has 15 heteroatoms. The van der Waals surface area contributed by atoms with Gasteiger partial charge in [-0.1, -0.05) is 30.2 Å². The molecule has 2 aliphatic carbocycles. The Hall–Kier alpha value is -3.84. The Morgan fingerprint density at radius 2 is 1.24 bits per heavy atom. The van der Waals surface area contributed by atoms with E-state index in [9.17, 15) is 22.8 Å². The third-order valence-corrected chi connectivity index (χ3v) is 8.91. The lowest BCUT2D eigenvalue weighted by Gasteiger charge is -2.42. The normalized spacial score (nSPS) is 14.9. The van der Waals surface area contributed by atoms with Crippen molar-refractivity contribution in [3.05, 3.63) is 117 Å². The van der Waals surface area contributed by atoms with Crippen LogP contribution in [0.3, 0.4) is 0 Å². The molecule has 0 spiro atoms. The van der Waals surface area contributed by atoms with Crippen molar-refractivity contribution >= 4 is 47.5 Å². The van der Waals surface area contributed by atoms with Crippen LogP contribution in [0.2, 0.25) is 10.3 Å². The van der Waals surface area contributed by atoms with Gasteiger partial charge in [0.2, 0.25) is 5.28 Å². The maximum atomic E-state index is 13.4. The van der Waals surface area contributed by atoms with Crippen LogP contribution in [-0.2, 0) is 26.8 Å². The molecule has 2 aromatic heterocycles. The molecule has 4 aromatic rings. The van der Waals surface area contributed by atoms with Crippen molar-refractivity contribution in [2.45, 2.75) is 69.7 Å². The van der Waals surface area contributed by atoms with E-state index in [0.29, 0.717) is 42.1 Å². The Labute approximate surface area is 304 Å². The summed E-state index contributed by atoms with van der Waals surface area (Å²) in [6, 6.07) is 8.79. The number of hydrogen-bond donors (Lipinski definition) is 1.